The van der Waals surface area contributed by atoms with Crippen LogP contribution in [-0.4, -0.2) is 26.4 Å². The smallest absolute Gasteiger partial charge is 0.118 e. The van der Waals surface area contributed by atoms with E-state index in [1.807, 2.05) is 0 Å². The first-order valence-electron chi connectivity index (χ1n) is 7.71. The van der Waals surface area contributed by atoms with E-state index in [-0.39, 0.29) is 5.60 Å². The van der Waals surface area contributed by atoms with Gasteiger partial charge in [-0.3, -0.25) is 0 Å². The number of hydrogen-bond donors (Lipinski definition) is 1. The number of nitrogens with one attached hydrogen (secondary N) is 1. The third-order valence-corrected chi connectivity index (χ3v) is 5.05. The van der Waals surface area contributed by atoms with E-state index in [1.54, 1.807) is 7.11 Å². The summed E-state index contributed by atoms with van der Waals surface area (Å²) in [5, 5.41) is 3.52. The highest BCUT2D eigenvalue weighted by Crippen LogP contribution is 2.47. The Morgan fingerprint density at radius 3 is 2.60 bits per heavy atom. The van der Waals surface area contributed by atoms with Crippen molar-refractivity contribution in [3.63, 3.8) is 0 Å². The molecule has 1 saturated carbocycles. The van der Waals surface area contributed by atoms with Crippen molar-refractivity contribution in [1.29, 1.82) is 0 Å². The molecule has 1 spiro atoms. The largest absolute Gasteiger partial charge is 0.497 e. The van der Waals surface area contributed by atoms with E-state index in [2.05, 4.69) is 36.6 Å². The molecule has 0 aromatic heterocycles. The molecule has 1 N–H and O–H groups in total. The Morgan fingerprint density at radius 1 is 1.30 bits per heavy atom. The predicted octanol–water partition coefficient (Wildman–Crippen LogP) is 3.31. The van der Waals surface area contributed by atoms with Gasteiger partial charge in [0.1, 0.15) is 5.75 Å². The van der Waals surface area contributed by atoms with Crippen molar-refractivity contribution in [3.05, 3.63) is 29.8 Å². The van der Waals surface area contributed by atoms with E-state index in [0.29, 0.717) is 12.0 Å². The maximum absolute atomic E-state index is 6.05. The molecule has 2 aliphatic rings. The molecule has 1 aliphatic carbocycles. The van der Waals surface area contributed by atoms with E-state index in [9.17, 15) is 0 Å². The van der Waals surface area contributed by atoms with Crippen LogP contribution in [-0.2, 0) is 4.74 Å². The molecule has 3 heteroatoms. The van der Waals surface area contributed by atoms with Crippen LogP contribution in [0.25, 0.3) is 0 Å². The van der Waals surface area contributed by atoms with Gasteiger partial charge in [-0.05, 0) is 62.8 Å². The second kappa shape index (κ2) is 5.74. The second-order valence-electron chi connectivity index (χ2n) is 6.18. The van der Waals surface area contributed by atoms with Crippen molar-refractivity contribution in [2.45, 2.75) is 43.7 Å². The standard InChI is InChI=1S/C17H25NO2/c1-18-16(13-4-6-15(19-2)7-5-13)14-8-11-20-17(12-14)9-3-10-17/h4-7,14,16,18H,3,8-12H2,1-2H3. The Morgan fingerprint density at radius 2 is 2.05 bits per heavy atom. The maximum Gasteiger partial charge on any atom is 0.118 e. The Balaban J connectivity index is 1.74. The van der Waals surface area contributed by atoms with Crippen LogP contribution in [0.15, 0.2) is 24.3 Å². The average molecular weight is 275 g/mol. The summed E-state index contributed by atoms with van der Waals surface area (Å²) >= 11 is 0. The van der Waals surface area contributed by atoms with Crippen LogP contribution in [0, 0.1) is 5.92 Å². The predicted molar refractivity (Wildman–Crippen MR) is 80.1 cm³/mol. The first-order chi connectivity index (χ1) is 9.76. The molecule has 0 radical (unpaired) electrons. The molecular weight excluding hydrogens is 250 g/mol. The molecule has 1 saturated heterocycles. The molecule has 110 valence electrons. The van der Waals surface area contributed by atoms with Gasteiger partial charge in [0.05, 0.1) is 12.7 Å². The van der Waals surface area contributed by atoms with Crippen molar-refractivity contribution in [1.82, 2.24) is 5.32 Å². The van der Waals surface area contributed by atoms with E-state index in [1.165, 1.54) is 31.2 Å². The number of hydrogen-bond acceptors (Lipinski definition) is 3. The summed E-state index contributed by atoms with van der Waals surface area (Å²) in [6.07, 6.45) is 6.19. The summed E-state index contributed by atoms with van der Waals surface area (Å²) in [7, 11) is 3.78. The van der Waals surface area contributed by atoms with Gasteiger partial charge in [-0.15, -0.1) is 0 Å². The SMILES string of the molecule is CNC(c1ccc(OC)cc1)C1CCOC2(CCC2)C1. The molecule has 2 fully saturated rings. The molecule has 1 heterocycles. The van der Waals surface area contributed by atoms with Gasteiger partial charge in [0.15, 0.2) is 0 Å². The monoisotopic (exact) mass is 275 g/mol. The highest BCUT2D eigenvalue weighted by Gasteiger charge is 2.44. The summed E-state index contributed by atoms with van der Waals surface area (Å²) in [4.78, 5) is 0. The number of rotatable bonds is 4. The number of methoxy groups -OCH3 is 1. The third-order valence-electron chi connectivity index (χ3n) is 5.05. The van der Waals surface area contributed by atoms with Gasteiger partial charge in [-0.25, -0.2) is 0 Å². The van der Waals surface area contributed by atoms with E-state index in [4.69, 9.17) is 9.47 Å². The second-order valence-corrected chi connectivity index (χ2v) is 6.18. The zero-order chi connectivity index (χ0) is 14.0. The minimum Gasteiger partial charge on any atom is -0.497 e. The number of ether oxygens (including phenoxy) is 2. The molecule has 0 amide bonds. The van der Waals surface area contributed by atoms with Gasteiger partial charge in [-0.1, -0.05) is 12.1 Å². The van der Waals surface area contributed by atoms with Gasteiger partial charge in [-0.2, -0.15) is 0 Å². The molecule has 3 rings (SSSR count). The van der Waals surface area contributed by atoms with Crippen molar-refractivity contribution < 1.29 is 9.47 Å². The van der Waals surface area contributed by atoms with E-state index in [0.717, 1.165) is 18.8 Å². The minimum absolute atomic E-state index is 0.213. The summed E-state index contributed by atoms with van der Waals surface area (Å²) in [5.41, 5.74) is 1.57. The summed E-state index contributed by atoms with van der Waals surface area (Å²) < 4.78 is 11.3. The molecule has 1 aromatic carbocycles. The molecular formula is C17H25NO2. The van der Waals surface area contributed by atoms with E-state index >= 15 is 0 Å². The van der Waals surface area contributed by atoms with Crippen LogP contribution in [0.3, 0.4) is 0 Å². The van der Waals surface area contributed by atoms with E-state index < -0.39 is 0 Å². The Labute approximate surface area is 121 Å². The fourth-order valence-electron chi connectivity index (χ4n) is 3.76. The Bertz CT molecular complexity index is 439. The summed E-state index contributed by atoms with van der Waals surface area (Å²) in [5.74, 6) is 1.59. The van der Waals surface area contributed by atoms with Gasteiger partial charge in [0.25, 0.3) is 0 Å². The van der Waals surface area contributed by atoms with Crippen molar-refractivity contribution in [2.24, 2.45) is 5.92 Å². The molecule has 1 aromatic rings. The van der Waals surface area contributed by atoms with Crippen molar-refractivity contribution >= 4 is 0 Å². The van der Waals surface area contributed by atoms with Crippen LogP contribution in [0.4, 0.5) is 0 Å². The fraction of sp³-hybridized carbons (Fsp3) is 0.647. The highest BCUT2D eigenvalue weighted by atomic mass is 16.5. The normalized spacial score (nSPS) is 26.0. The van der Waals surface area contributed by atoms with Gasteiger partial charge < -0.3 is 14.8 Å². The average Bonchev–Trinajstić information content (AvgIpc) is 2.47. The summed E-state index contributed by atoms with van der Waals surface area (Å²) in [6.45, 7) is 0.916. The van der Waals surface area contributed by atoms with Crippen molar-refractivity contribution in [3.8, 4) is 5.75 Å². The lowest BCUT2D eigenvalue weighted by Crippen LogP contribution is -2.47. The van der Waals surface area contributed by atoms with Crippen LogP contribution in [0.1, 0.15) is 43.7 Å². The Hall–Kier alpha value is -1.06. The first kappa shape index (κ1) is 13.9. The van der Waals surface area contributed by atoms with Crippen LogP contribution < -0.4 is 10.1 Å². The molecule has 20 heavy (non-hydrogen) atoms. The van der Waals surface area contributed by atoms with Crippen LogP contribution in [0.5, 0.6) is 5.75 Å². The zero-order valence-electron chi connectivity index (χ0n) is 12.5. The first-order valence-corrected chi connectivity index (χ1v) is 7.71. The lowest BCUT2D eigenvalue weighted by Gasteiger charge is -2.48. The molecule has 2 unspecified atom stereocenters. The lowest BCUT2D eigenvalue weighted by atomic mass is 9.69. The highest BCUT2D eigenvalue weighted by molar-refractivity contribution is 5.29. The van der Waals surface area contributed by atoms with Gasteiger partial charge in [0, 0.05) is 12.6 Å². The van der Waals surface area contributed by atoms with Gasteiger partial charge >= 0.3 is 0 Å². The molecule has 1 aliphatic heterocycles. The molecule has 3 nitrogen and oxygen atoms in total. The van der Waals surface area contributed by atoms with Crippen molar-refractivity contribution in [2.75, 3.05) is 20.8 Å². The maximum atomic E-state index is 6.05. The Kier molecular flexibility index (Phi) is 3.99. The van der Waals surface area contributed by atoms with Gasteiger partial charge in [0.2, 0.25) is 0 Å². The fourth-order valence-corrected chi connectivity index (χ4v) is 3.76. The lowest BCUT2D eigenvalue weighted by molar-refractivity contribution is -0.147. The zero-order valence-corrected chi connectivity index (χ0v) is 12.5. The van der Waals surface area contributed by atoms with Crippen LogP contribution in [0.2, 0.25) is 0 Å². The topological polar surface area (TPSA) is 30.5 Å². The number of benzene rings is 1. The van der Waals surface area contributed by atoms with Crippen LogP contribution >= 0.6 is 0 Å². The molecule has 0 bridgehead atoms. The molecule has 2 atom stereocenters. The third kappa shape index (κ3) is 2.57. The quantitative estimate of drug-likeness (QED) is 0.914. The summed E-state index contributed by atoms with van der Waals surface area (Å²) in [6, 6.07) is 8.89. The minimum atomic E-state index is 0.213.